The normalized spacial score (nSPS) is 22.2. The molecule has 6 heteroatoms. The minimum atomic E-state index is -1.23. The van der Waals surface area contributed by atoms with Gasteiger partial charge in [0.1, 0.15) is 11.4 Å². The molecule has 1 amide bonds. The zero-order chi connectivity index (χ0) is 14.0. The summed E-state index contributed by atoms with van der Waals surface area (Å²) in [7, 11) is 0. The molecule has 0 aliphatic carbocycles. The monoisotopic (exact) mass is 283 g/mol. The Hall–Kier alpha value is -1.56. The molecule has 0 saturated carbocycles. The van der Waals surface area contributed by atoms with E-state index in [-0.39, 0.29) is 5.56 Å². The second-order valence-electron chi connectivity index (χ2n) is 4.61. The maximum Gasteiger partial charge on any atom is 0.330 e. The van der Waals surface area contributed by atoms with Crippen LogP contribution in [0.25, 0.3) is 0 Å². The number of thioether (sulfide) groups is 1. The average molecular weight is 283 g/mol. The number of carboxylic acid groups (broad SMARTS) is 1. The number of aryl methyl sites for hydroxylation is 1. The lowest BCUT2D eigenvalue weighted by Crippen LogP contribution is -2.54. The van der Waals surface area contributed by atoms with Crippen molar-refractivity contribution in [3.63, 3.8) is 0 Å². The molecule has 1 fully saturated rings. The maximum absolute atomic E-state index is 13.4. The molecule has 102 valence electrons. The lowest BCUT2D eigenvalue weighted by Gasteiger charge is -2.24. The molecule has 4 nitrogen and oxygen atoms in total. The highest BCUT2D eigenvalue weighted by Crippen LogP contribution is 2.28. The summed E-state index contributed by atoms with van der Waals surface area (Å²) in [6.45, 7) is 1.60. The van der Waals surface area contributed by atoms with Crippen LogP contribution >= 0.6 is 11.8 Å². The number of nitrogens with one attached hydrogen (secondary N) is 1. The van der Waals surface area contributed by atoms with Crippen LogP contribution in [0.2, 0.25) is 0 Å². The van der Waals surface area contributed by atoms with Gasteiger partial charge in [-0.3, -0.25) is 4.79 Å². The van der Waals surface area contributed by atoms with Crippen molar-refractivity contribution in [1.29, 1.82) is 0 Å². The van der Waals surface area contributed by atoms with Crippen LogP contribution in [0.3, 0.4) is 0 Å². The molecule has 1 heterocycles. The highest BCUT2D eigenvalue weighted by molar-refractivity contribution is 7.99. The van der Waals surface area contributed by atoms with Gasteiger partial charge in [0, 0.05) is 11.3 Å². The predicted molar refractivity (Wildman–Crippen MR) is 70.9 cm³/mol. The van der Waals surface area contributed by atoms with Gasteiger partial charge in [-0.05, 0) is 36.8 Å². The first kappa shape index (κ1) is 13.9. The van der Waals surface area contributed by atoms with E-state index in [2.05, 4.69) is 5.32 Å². The van der Waals surface area contributed by atoms with E-state index in [9.17, 15) is 19.1 Å². The van der Waals surface area contributed by atoms with Gasteiger partial charge in [0.05, 0.1) is 0 Å². The zero-order valence-electron chi connectivity index (χ0n) is 10.4. The summed E-state index contributed by atoms with van der Waals surface area (Å²) in [6.07, 6.45) is 0.382. The summed E-state index contributed by atoms with van der Waals surface area (Å²) >= 11 is 1.48. The largest absolute Gasteiger partial charge is 0.479 e. The average Bonchev–Trinajstić information content (AvgIpc) is 2.82. The van der Waals surface area contributed by atoms with Crippen LogP contribution in [-0.4, -0.2) is 34.0 Å². The fraction of sp³-hybridized carbons (Fsp3) is 0.385. The maximum atomic E-state index is 13.4. The van der Waals surface area contributed by atoms with Gasteiger partial charge in [0.2, 0.25) is 0 Å². The first-order valence-corrected chi connectivity index (χ1v) is 7.00. The van der Waals surface area contributed by atoms with E-state index in [1.54, 1.807) is 6.92 Å². The van der Waals surface area contributed by atoms with E-state index in [1.807, 2.05) is 0 Å². The smallest absolute Gasteiger partial charge is 0.330 e. The standard InChI is InChI=1S/C13H14FNO3S/c1-8-2-3-9(6-10(8)14)11(16)15-13(12(17)18)4-5-19-7-13/h2-3,6H,4-5,7H2,1H3,(H,15,16)(H,17,18)/t13-/m0/s1. The van der Waals surface area contributed by atoms with Crippen molar-refractivity contribution < 1.29 is 19.1 Å². The second kappa shape index (κ2) is 5.21. The predicted octanol–water partition coefficient (Wildman–Crippen LogP) is 1.82. The van der Waals surface area contributed by atoms with Gasteiger partial charge >= 0.3 is 5.97 Å². The van der Waals surface area contributed by atoms with Crippen LogP contribution in [0, 0.1) is 12.7 Å². The van der Waals surface area contributed by atoms with Gasteiger partial charge in [-0.2, -0.15) is 11.8 Å². The Bertz CT molecular complexity index is 527. The number of amides is 1. The van der Waals surface area contributed by atoms with Crippen molar-refractivity contribution in [2.75, 3.05) is 11.5 Å². The molecule has 1 atom stereocenters. The van der Waals surface area contributed by atoms with Crippen molar-refractivity contribution in [1.82, 2.24) is 5.32 Å². The molecular weight excluding hydrogens is 269 g/mol. The molecule has 0 aromatic heterocycles. The van der Waals surface area contributed by atoms with Crippen LogP contribution in [0.4, 0.5) is 4.39 Å². The van der Waals surface area contributed by atoms with Gasteiger partial charge in [0.25, 0.3) is 5.91 Å². The number of aliphatic carboxylic acids is 1. The highest BCUT2D eigenvalue weighted by atomic mass is 32.2. The Kier molecular flexibility index (Phi) is 3.80. The van der Waals surface area contributed by atoms with Gasteiger partial charge in [-0.25, -0.2) is 9.18 Å². The van der Waals surface area contributed by atoms with E-state index in [1.165, 1.54) is 23.9 Å². The number of halogens is 1. The SMILES string of the molecule is Cc1ccc(C(=O)N[C@@]2(C(=O)O)CCSC2)cc1F. The van der Waals surface area contributed by atoms with Gasteiger partial charge < -0.3 is 10.4 Å². The van der Waals surface area contributed by atoms with Gasteiger partial charge in [-0.15, -0.1) is 0 Å². The summed E-state index contributed by atoms with van der Waals surface area (Å²) in [5.41, 5.74) is -0.648. The summed E-state index contributed by atoms with van der Waals surface area (Å²) < 4.78 is 13.4. The molecule has 0 bridgehead atoms. The van der Waals surface area contributed by atoms with Crippen LogP contribution in [0.15, 0.2) is 18.2 Å². The molecule has 0 spiro atoms. The molecule has 2 rings (SSSR count). The van der Waals surface area contributed by atoms with Crippen LogP contribution in [-0.2, 0) is 4.79 Å². The van der Waals surface area contributed by atoms with Crippen molar-refractivity contribution in [3.05, 3.63) is 35.1 Å². The van der Waals surface area contributed by atoms with Gasteiger partial charge in [-0.1, -0.05) is 6.07 Å². The summed E-state index contributed by atoms with van der Waals surface area (Å²) in [6, 6.07) is 4.12. The third-order valence-electron chi connectivity index (χ3n) is 3.22. The van der Waals surface area contributed by atoms with Crippen molar-refractivity contribution in [2.45, 2.75) is 18.9 Å². The highest BCUT2D eigenvalue weighted by Gasteiger charge is 2.43. The summed E-state index contributed by atoms with van der Waals surface area (Å²) in [4.78, 5) is 23.3. The first-order chi connectivity index (χ1) is 8.94. The third-order valence-corrected chi connectivity index (χ3v) is 4.41. The van der Waals surface area contributed by atoms with Crippen LogP contribution < -0.4 is 5.32 Å². The molecule has 1 saturated heterocycles. The number of hydrogen-bond donors (Lipinski definition) is 2. The van der Waals surface area contributed by atoms with E-state index in [4.69, 9.17) is 0 Å². The first-order valence-electron chi connectivity index (χ1n) is 5.84. The lowest BCUT2D eigenvalue weighted by atomic mass is 9.98. The number of carbonyl (C=O) groups excluding carboxylic acids is 1. The van der Waals surface area contributed by atoms with E-state index in [0.717, 1.165) is 6.07 Å². The van der Waals surface area contributed by atoms with Crippen molar-refractivity contribution in [2.24, 2.45) is 0 Å². The summed E-state index contributed by atoms with van der Waals surface area (Å²) in [5.74, 6) is -1.04. The van der Waals surface area contributed by atoms with Crippen molar-refractivity contribution >= 4 is 23.6 Å². The fourth-order valence-electron chi connectivity index (χ4n) is 1.91. The number of carbonyl (C=O) groups is 2. The molecule has 1 aliphatic rings. The molecule has 2 N–H and O–H groups in total. The molecule has 19 heavy (non-hydrogen) atoms. The molecule has 0 unspecified atom stereocenters. The lowest BCUT2D eigenvalue weighted by molar-refractivity contribution is -0.143. The molecule has 1 aliphatic heterocycles. The van der Waals surface area contributed by atoms with Crippen molar-refractivity contribution in [3.8, 4) is 0 Å². The Morgan fingerprint density at radius 2 is 2.21 bits per heavy atom. The third kappa shape index (κ3) is 2.73. The number of hydrogen-bond acceptors (Lipinski definition) is 3. The number of carboxylic acids is 1. The Labute approximate surface area is 114 Å². The van der Waals surface area contributed by atoms with E-state index >= 15 is 0 Å². The Balaban J connectivity index is 2.20. The van der Waals surface area contributed by atoms with E-state index in [0.29, 0.717) is 23.5 Å². The van der Waals surface area contributed by atoms with E-state index < -0.39 is 23.2 Å². The van der Waals surface area contributed by atoms with Crippen LogP contribution in [0.1, 0.15) is 22.3 Å². The number of benzene rings is 1. The Morgan fingerprint density at radius 1 is 1.47 bits per heavy atom. The molecule has 1 aromatic rings. The molecule has 0 radical (unpaired) electrons. The van der Waals surface area contributed by atoms with Crippen LogP contribution in [0.5, 0.6) is 0 Å². The summed E-state index contributed by atoms with van der Waals surface area (Å²) in [5, 5.41) is 11.8. The fourth-order valence-corrected chi connectivity index (χ4v) is 3.23. The topological polar surface area (TPSA) is 66.4 Å². The second-order valence-corrected chi connectivity index (χ2v) is 5.71. The Morgan fingerprint density at radius 3 is 2.74 bits per heavy atom. The zero-order valence-corrected chi connectivity index (χ0v) is 11.2. The van der Waals surface area contributed by atoms with Gasteiger partial charge in [0.15, 0.2) is 0 Å². The minimum Gasteiger partial charge on any atom is -0.479 e. The molecular formula is C13H14FNO3S. The number of rotatable bonds is 3. The quantitative estimate of drug-likeness (QED) is 0.888. The minimum absolute atomic E-state index is 0.139. The molecule has 1 aromatic carbocycles.